The maximum atomic E-state index is 13.6. The van der Waals surface area contributed by atoms with Crippen LogP contribution in [0.5, 0.6) is 0 Å². The SMILES string of the molecule is O=C(c1cc(-c2ccc(Cl)cc2)nc2ccccc12)N1CC[C@]2(O)CCCC[C@@H]2C1. The number of aromatic nitrogens is 1. The number of carbonyl (C=O) groups is 1. The first-order valence-corrected chi connectivity index (χ1v) is 11.1. The van der Waals surface area contributed by atoms with Crippen molar-refractivity contribution in [3.8, 4) is 11.3 Å². The number of amides is 1. The molecule has 1 saturated carbocycles. The highest BCUT2D eigenvalue weighted by molar-refractivity contribution is 6.30. The van der Waals surface area contributed by atoms with E-state index >= 15 is 0 Å². The highest BCUT2D eigenvalue weighted by Gasteiger charge is 2.44. The van der Waals surface area contributed by atoms with Crippen LogP contribution in [0.15, 0.2) is 54.6 Å². The Labute approximate surface area is 181 Å². The maximum Gasteiger partial charge on any atom is 0.254 e. The number of halogens is 1. The van der Waals surface area contributed by atoms with Gasteiger partial charge in [0.25, 0.3) is 5.91 Å². The molecule has 2 heterocycles. The summed E-state index contributed by atoms with van der Waals surface area (Å²) in [4.78, 5) is 20.3. The average molecular weight is 421 g/mol. The summed E-state index contributed by atoms with van der Waals surface area (Å²) >= 11 is 6.04. The van der Waals surface area contributed by atoms with E-state index in [1.807, 2.05) is 59.5 Å². The quantitative estimate of drug-likeness (QED) is 0.610. The summed E-state index contributed by atoms with van der Waals surface area (Å²) in [6.07, 6.45) is 4.73. The van der Waals surface area contributed by atoms with E-state index in [-0.39, 0.29) is 11.8 Å². The first-order chi connectivity index (χ1) is 14.5. The summed E-state index contributed by atoms with van der Waals surface area (Å²) in [6, 6.07) is 17.2. The van der Waals surface area contributed by atoms with Crippen molar-refractivity contribution in [3.63, 3.8) is 0 Å². The predicted octanol–water partition coefficient (Wildman–Crippen LogP) is 5.32. The predicted molar refractivity (Wildman–Crippen MR) is 120 cm³/mol. The van der Waals surface area contributed by atoms with Gasteiger partial charge in [0.1, 0.15) is 0 Å². The number of hydrogen-bond donors (Lipinski definition) is 1. The van der Waals surface area contributed by atoms with Crippen LogP contribution in [0.1, 0.15) is 42.5 Å². The molecule has 1 aliphatic carbocycles. The van der Waals surface area contributed by atoms with E-state index in [0.29, 0.717) is 30.1 Å². The number of rotatable bonds is 2. The minimum absolute atomic E-state index is 0.0245. The molecule has 1 saturated heterocycles. The van der Waals surface area contributed by atoms with E-state index in [1.54, 1.807) is 0 Å². The van der Waals surface area contributed by atoms with E-state index in [0.717, 1.165) is 47.8 Å². The van der Waals surface area contributed by atoms with Gasteiger partial charge in [-0.25, -0.2) is 4.98 Å². The third-order valence-electron chi connectivity index (χ3n) is 6.80. The number of para-hydroxylation sites is 1. The standard InChI is InChI=1S/C25H25ClN2O2/c26-19-10-8-17(9-11-19)23-15-21(20-6-1-2-7-22(20)27-23)24(29)28-14-13-25(30)12-4-3-5-18(25)16-28/h1-2,6-11,15,18,30H,3-5,12-14,16H2/t18-,25-/m1/s1. The van der Waals surface area contributed by atoms with Gasteiger partial charge in [-0.05, 0) is 43.5 Å². The fraction of sp³-hybridized carbons (Fsp3) is 0.360. The normalized spacial score (nSPS) is 23.9. The molecule has 2 aliphatic rings. The van der Waals surface area contributed by atoms with Crippen LogP contribution in [-0.2, 0) is 0 Å². The smallest absolute Gasteiger partial charge is 0.254 e. The molecular weight excluding hydrogens is 396 g/mol. The van der Waals surface area contributed by atoms with Gasteiger partial charge in [-0.3, -0.25) is 4.79 Å². The molecule has 5 heteroatoms. The second kappa shape index (κ2) is 7.68. The molecule has 4 nitrogen and oxygen atoms in total. The number of pyridine rings is 1. The fourth-order valence-corrected chi connectivity index (χ4v) is 5.17. The number of fused-ring (bicyclic) bond motifs is 2. The summed E-state index contributed by atoms with van der Waals surface area (Å²) < 4.78 is 0. The summed E-state index contributed by atoms with van der Waals surface area (Å²) in [5.41, 5.74) is 2.58. The molecule has 2 atom stereocenters. The van der Waals surface area contributed by atoms with Gasteiger partial charge in [-0.15, -0.1) is 0 Å². The topological polar surface area (TPSA) is 53.4 Å². The Morgan fingerprint density at radius 1 is 1.10 bits per heavy atom. The molecule has 5 rings (SSSR count). The van der Waals surface area contributed by atoms with E-state index in [4.69, 9.17) is 16.6 Å². The zero-order chi connectivity index (χ0) is 20.7. The summed E-state index contributed by atoms with van der Waals surface area (Å²) in [7, 11) is 0. The van der Waals surface area contributed by atoms with E-state index in [2.05, 4.69) is 0 Å². The van der Waals surface area contributed by atoms with Crippen LogP contribution in [0.25, 0.3) is 22.2 Å². The molecule has 154 valence electrons. The average Bonchev–Trinajstić information content (AvgIpc) is 2.77. The van der Waals surface area contributed by atoms with E-state index in [9.17, 15) is 9.90 Å². The van der Waals surface area contributed by atoms with Crippen LogP contribution in [-0.4, -0.2) is 39.6 Å². The molecule has 0 unspecified atom stereocenters. The van der Waals surface area contributed by atoms with Crippen molar-refractivity contribution in [3.05, 3.63) is 65.2 Å². The minimum atomic E-state index is -0.593. The van der Waals surface area contributed by atoms with Crippen molar-refractivity contribution >= 4 is 28.4 Å². The van der Waals surface area contributed by atoms with Crippen LogP contribution < -0.4 is 0 Å². The van der Waals surface area contributed by atoms with Gasteiger partial charge in [0, 0.05) is 35.0 Å². The molecule has 1 aliphatic heterocycles. The Morgan fingerprint density at radius 2 is 1.90 bits per heavy atom. The molecular formula is C25H25ClN2O2. The zero-order valence-electron chi connectivity index (χ0n) is 16.9. The highest BCUT2D eigenvalue weighted by Crippen LogP contribution is 2.40. The molecule has 0 radical (unpaired) electrons. The Kier molecular flexibility index (Phi) is 5.00. The summed E-state index contributed by atoms with van der Waals surface area (Å²) in [5.74, 6) is 0.198. The Morgan fingerprint density at radius 3 is 2.73 bits per heavy atom. The molecule has 2 aromatic carbocycles. The van der Waals surface area contributed by atoms with Gasteiger partial charge in [0.2, 0.25) is 0 Å². The van der Waals surface area contributed by atoms with Gasteiger partial charge in [-0.1, -0.05) is 54.8 Å². The lowest BCUT2D eigenvalue weighted by Crippen LogP contribution is -2.54. The number of likely N-dealkylation sites (tertiary alicyclic amines) is 1. The van der Waals surface area contributed by atoms with Gasteiger partial charge in [0.15, 0.2) is 0 Å². The minimum Gasteiger partial charge on any atom is -0.389 e. The van der Waals surface area contributed by atoms with Crippen molar-refractivity contribution in [2.45, 2.75) is 37.7 Å². The van der Waals surface area contributed by atoms with Crippen molar-refractivity contribution in [2.75, 3.05) is 13.1 Å². The lowest BCUT2D eigenvalue weighted by Gasteiger charge is -2.47. The van der Waals surface area contributed by atoms with Gasteiger partial charge < -0.3 is 10.0 Å². The molecule has 2 fully saturated rings. The lowest BCUT2D eigenvalue weighted by atomic mass is 9.71. The zero-order valence-corrected chi connectivity index (χ0v) is 17.6. The lowest BCUT2D eigenvalue weighted by molar-refractivity contribution is -0.0885. The van der Waals surface area contributed by atoms with Gasteiger partial charge >= 0.3 is 0 Å². The Hall–Kier alpha value is -2.43. The number of nitrogens with zero attached hydrogens (tertiary/aromatic N) is 2. The molecule has 1 amide bonds. The number of aliphatic hydroxyl groups is 1. The molecule has 1 aromatic heterocycles. The second-order valence-corrected chi connectivity index (χ2v) is 9.06. The molecule has 3 aromatic rings. The second-order valence-electron chi connectivity index (χ2n) is 8.63. The summed E-state index contributed by atoms with van der Waals surface area (Å²) in [5, 5.41) is 12.5. The largest absolute Gasteiger partial charge is 0.389 e. The van der Waals surface area contributed by atoms with Crippen LogP contribution in [0, 0.1) is 5.92 Å². The van der Waals surface area contributed by atoms with Crippen LogP contribution in [0.4, 0.5) is 0 Å². The third kappa shape index (κ3) is 3.48. The number of hydrogen-bond acceptors (Lipinski definition) is 3. The monoisotopic (exact) mass is 420 g/mol. The van der Waals surface area contributed by atoms with Crippen molar-refractivity contribution < 1.29 is 9.90 Å². The number of benzene rings is 2. The van der Waals surface area contributed by atoms with Crippen molar-refractivity contribution in [1.29, 1.82) is 0 Å². The first kappa shape index (κ1) is 19.5. The third-order valence-corrected chi connectivity index (χ3v) is 7.05. The van der Waals surface area contributed by atoms with Crippen LogP contribution in [0.3, 0.4) is 0 Å². The maximum absolute atomic E-state index is 13.6. The molecule has 30 heavy (non-hydrogen) atoms. The molecule has 0 bridgehead atoms. The fourth-order valence-electron chi connectivity index (χ4n) is 5.05. The Balaban J connectivity index is 1.53. The van der Waals surface area contributed by atoms with E-state index in [1.165, 1.54) is 0 Å². The number of carbonyl (C=O) groups excluding carboxylic acids is 1. The van der Waals surface area contributed by atoms with Crippen molar-refractivity contribution in [1.82, 2.24) is 9.88 Å². The highest BCUT2D eigenvalue weighted by atomic mass is 35.5. The van der Waals surface area contributed by atoms with E-state index < -0.39 is 5.60 Å². The van der Waals surface area contributed by atoms with Gasteiger partial charge in [-0.2, -0.15) is 0 Å². The van der Waals surface area contributed by atoms with Crippen LogP contribution in [0.2, 0.25) is 5.02 Å². The number of piperidine rings is 1. The Bertz CT molecular complexity index is 1100. The molecule has 0 spiro atoms. The first-order valence-electron chi connectivity index (χ1n) is 10.7. The van der Waals surface area contributed by atoms with Gasteiger partial charge in [0.05, 0.1) is 22.4 Å². The molecule has 1 N–H and O–H groups in total. The summed E-state index contributed by atoms with van der Waals surface area (Å²) in [6.45, 7) is 1.22. The van der Waals surface area contributed by atoms with Crippen molar-refractivity contribution in [2.24, 2.45) is 5.92 Å². The van der Waals surface area contributed by atoms with Crippen LogP contribution >= 0.6 is 11.6 Å².